The summed E-state index contributed by atoms with van der Waals surface area (Å²) in [5.41, 5.74) is -1.14. The van der Waals surface area contributed by atoms with Gasteiger partial charge in [-0.25, -0.2) is 0 Å². The van der Waals surface area contributed by atoms with Crippen molar-refractivity contribution in [2.75, 3.05) is 41.7 Å². The number of ketones is 2. The van der Waals surface area contributed by atoms with Crippen molar-refractivity contribution in [1.29, 1.82) is 0 Å². The van der Waals surface area contributed by atoms with Crippen molar-refractivity contribution in [3.8, 4) is 28.4 Å². The van der Waals surface area contributed by atoms with Gasteiger partial charge in [0.15, 0.2) is 43.4 Å². The van der Waals surface area contributed by atoms with Gasteiger partial charge >= 0.3 is 0 Å². The van der Waals surface area contributed by atoms with Crippen LogP contribution in [0.4, 0.5) is 0 Å². The lowest BCUT2D eigenvalue weighted by Gasteiger charge is -2.16. The lowest BCUT2D eigenvalue weighted by atomic mass is 9.88. The number of carbonyl (C=O) groups is 2. The Labute approximate surface area is 249 Å². The molecule has 0 N–H and O–H groups in total. The number of hydrogen-bond donors (Lipinski definition) is 0. The molecular weight excluding hydrogens is 576 g/mol. The largest absolute Gasteiger partial charge is 0.467 e. The zero-order valence-corrected chi connectivity index (χ0v) is 24.6. The maximum atomic E-state index is 14.0. The molecule has 0 saturated heterocycles. The Morgan fingerprint density at radius 1 is 0.705 bits per heavy atom. The fourth-order valence-electron chi connectivity index (χ4n) is 4.86. The van der Waals surface area contributed by atoms with Crippen LogP contribution in [-0.2, 0) is 14.2 Å². The highest BCUT2D eigenvalue weighted by Gasteiger charge is 2.27. The molecule has 5 rings (SSSR count). The molecule has 0 aliphatic rings. The SMILES string of the molecule is COCOc1ccc2c(=O)c3cc(C(C)=O)c(-c4coc5cc(OCOC)c(OCOC)cc5c4=O)c(C(C)=O)c3oc2c1. The summed E-state index contributed by atoms with van der Waals surface area (Å²) >= 11 is 0. The van der Waals surface area contributed by atoms with Crippen LogP contribution in [0.25, 0.3) is 44.0 Å². The van der Waals surface area contributed by atoms with Crippen LogP contribution in [-0.4, -0.2) is 53.3 Å². The highest BCUT2D eigenvalue weighted by molar-refractivity contribution is 6.17. The van der Waals surface area contributed by atoms with Gasteiger partial charge in [-0.3, -0.25) is 19.2 Å². The van der Waals surface area contributed by atoms with Crippen LogP contribution in [0.15, 0.2) is 61.1 Å². The van der Waals surface area contributed by atoms with E-state index in [1.54, 1.807) is 6.07 Å². The topological polar surface area (TPSA) is 150 Å². The fraction of sp³-hybridized carbons (Fsp3) is 0.250. The number of benzene rings is 3. The molecule has 3 aromatic carbocycles. The normalized spacial score (nSPS) is 11.3. The van der Waals surface area contributed by atoms with Crippen molar-refractivity contribution < 1.29 is 46.8 Å². The number of carbonyl (C=O) groups excluding carboxylic acids is 2. The lowest BCUT2D eigenvalue weighted by Crippen LogP contribution is -2.14. The van der Waals surface area contributed by atoms with E-state index in [2.05, 4.69) is 0 Å². The molecule has 0 bridgehead atoms. The van der Waals surface area contributed by atoms with E-state index in [0.29, 0.717) is 5.75 Å². The summed E-state index contributed by atoms with van der Waals surface area (Å²) in [5.74, 6) is -0.271. The molecule has 2 heterocycles. The lowest BCUT2D eigenvalue weighted by molar-refractivity contribution is 0.0324. The third-order valence-corrected chi connectivity index (χ3v) is 6.78. The van der Waals surface area contributed by atoms with Gasteiger partial charge in [0.25, 0.3) is 0 Å². The van der Waals surface area contributed by atoms with Gasteiger partial charge in [0.1, 0.15) is 28.8 Å². The highest BCUT2D eigenvalue weighted by atomic mass is 16.7. The molecule has 12 nitrogen and oxygen atoms in total. The first-order chi connectivity index (χ1) is 21.2. The van der Waals surface area contributed by atoms with E-state index in [0.717, 1.165) is 6.26 Å². The third kappa shape index (κ3) is 5.53. The van der Waals surface area contributed by atoms with Gasteiger partial charge in [0, 0.05) is 44.6 Å². The second-order valence-corrected chi connectivity index (χ2v) is 9.68. The Hall–Kier alpha value is -5.04. The number of hydrogen-bond acceptors (Lipinski definition) is 12. The maximum absolute atomic E-state index is 14.0. The molecule has 0 unspecified atom stereocenters. The van der Waals surface area contributed by atoms with Crippen LogP contribution >= 0.6 is 0 Å². The molecule has 0 atom stereocenters. The first-order valence-corrected chi connectivity index (χ1v) is 13.2. The Balaban J connectivity index is 1.83. The second-order valence-electron chi connectivity index (χ2n) is 9.68. The smallest absolute Gasteiger partial charge is 0.200 e. The summed E-state index contributed by atoms with van der Waals surface area (Å²) < 4.78 is 43.5. The molecule has 12 heteroatoms. The number of methoxy groups -OCH3 is 3. The second kappa shape index (κ2) is 12.7. The van der Waals surface area contributed by atoms with Gasteiger partial charge in [-0.1, -0.05) is 0 Å². The van der Waals surface area contributed by atoms with Crippen LogP contribution in [0.3, 0.4) is 0 Å². The van der Waals surface area contributed by atoms with E-state index in [1.807, 2.05) is 0 Å². The molecule has 44 heavy (non-hydrogen) atoms. The molecule has 0 spiro atoms. The van der Waals surface area contributed by atoms with Crippen LogP contribution in [0.5, 0.6) is 17.2 Å². The van der Waals surface area contributed by atoms with E-state index in [4.69, 9.17) is 37.3 Å². The fourth-order valence-corrected chi connectivity index (χ4v) is 4.86. The van der Waals surface area contributed by atoms with Crippen LogP contribution < -0.4 is 25.1 Å². The molecule has 0 radical (unpaired) electrons. The van der Waals surface area contributed by atoms with Crippen molar-refractivity contribution in [3.63, 3.8) is 0 Å². The quantitative estimate of drug-likeness (QED) is 0.106. The van der Waals surface area contributed by atoms with E-state index < -0.39 is 22.4 Å². The summed E-state index contributed by atoms with van der Waals surface area (Å²) in [5, 5.41) is 0.282. The average molecular weight is 605 g/mol. The van der Waals surface area contributed by atoms with Crippen LogP contribution in [0.2, 0.25) is 0 Å². The van der Waals surface area contributed by atoms with Crippen molar-refractivity contribution in [2.45, 2.75) is 13.8 Å². The number of ether oxygens (including phenoxy) is 6. The van der Waals surface area contributed by atoms with Gasteiger partial charge in [0.2, 0.25) is 10.9 Å². The minimum atomic E-state index is -0.574. The number of Topliss-reactive ketones (excluding diaryl/α,β-unsaturated/α-hetero) is 2. The Morgan fingerprint density at radius 3 is 2.00 bits per heavy atom. The molecule has 0 saturated carbocycles. The van der Waals surface area contributed by atoms with E-state index >= 15 is 0 Å². The van der Waals surface area contributed by atoms with E-state index in [-0.39, 0.29) is 87.0 Å². The van der Waals surface area contributed by atoms with Gasteiger partial charge in [-0.05, 0) is 38.1 Å². The van der Waals surface area contributed by atoms with Crippen LogP contribution in [0, 0.1) is 0 Å². The summed E-state index contributed by atoms with van der Waals surface area (Å²) in [6.07, 6.45) is 1.15. The van der Waals surface area contributed by atoms with Gasteiger partial charge in [0.05, 0.1) is 27.3 Å². The first-order valence-electron chi connectivity index (χ1n) is 13.2. The molecular formula is C32H28O12. The molecule has 228 valence electrons. The third-order valence-electron chi connectivity index (χ3n) is 6.78. The van der Waals surface area contributed by atoms with Crippen LogP contribution in [0.1, 0.15) is 34.6 Å². The van der Waals surface area contributed by atoms with Gasteiger partial charge < -0.3 is 37.3 Å². The average Bonchev–Trinajstić information content (AvgIpc) is 3.01. The maximum Gasteiger partial charge on any atom is 0.200 e. The molecule has 5 aromatic rings. The Morgan fingerprint density at radius 2 is 1.36 bits per heavy atom. The van der Waals surface area contributed by atoms with E-state index in [1.165, 1.54) is 65.5 Å². The summed E-state index contributed by atoms with van der Waals surface area (Å²) in [6.45, 7) is 2.25. The molecule has 0 aliphatic heterocycles. The van der Waals surface area contributed by atoms with Crippen molar-refractivity contribution >= 4 is 44.5 Å². The predicted molar refractivity (Wildman–Crippen MR) is 159 cm³/mol. The molecule has 2 aromatic heterocycles. The van der Waals surface area contributed by atoms with Crippen molar-refractivity contribution in [3.05, 3.63) is 74.2 Å². The Kier molecular flexibility index (Phi) is 8.76. The standard InChI is InChI=1S/C32H28O12/c1-16(33)20-9-22-30(35)19-7-6-18(41-13-37-3)8-25(19)44-32(22)28(17(2)34)29(20)23-12-40-24-11-27(43-15-39-5)26(42-14-38-4)10-21(24)31(23)36/h6-12H,13-15H2,1-5H3. The van der Waals surface area contributed by atoms with Gasteiger partial charge in [-0.2, -0.15) is 0 Å². The highest BCUT2D eigenvalue weighted by Crippen LogP contribution is 2.37. The monoisotopic (exact) mass is 604 g/mol. The van der Waals surface area contributed by atoms with Crippen molar-refractivity contribution in [1.82, 2.24) is 0 Å². The number of fused-ring (bicyclic) bond motifs is 3. The molecule has 0 amide bonds. The summed E-state index contributed by atoms with van der Waals surface area (Å²) in [6, 6.07) is 8.79. The van der Waals surface area contributed by atoms with Gasteiger partial charge in [-0.15, -0.1) is 0 Å². The summed E-state index contributed by atoms with van der Waals surface area (Å²) in [7, 11) is 4.35. The minimum absolute atomic E-state index is 0.00238. The minimum Gasteiger partial charge on any atom is -0.467 e. The zero-order chi connectivity index (χ0) is 31.5. The molecule has 0 fully saturated rings. The Bertz CT molecular complexity index is 2040. The zero-order valence-electron chi connectivity index (χ0n) is 24.6. The molecule has 0 aliphatic carbocycles. The first kappa shape index (κ1) is 30.4. The van der Waals surface area contributed by atoms with E-state index in [9.17, 15) is 19.2 Å². The predicted octanol–water partition coefficient (Wildman–Crippen LogP) is 5.07. The van der Waals surface area contributed by atoms with Crippen molar-refractivity contribution in [2.24, 2.45) is 0 Å². The summed E-state index contributed by atoms with van der Waals surface area (Å²) in [4.78, 5) is 53.9. The number of rotatable bonds is 12.